The summed E-state index contributed by atoms with van der Waals surface area (Å²) in [4.78, 5) is 14.2. The summed E-state index contributed by atoms with van der Waals surface area (Å²) in [5.74, 6) is 0.551. The van der Waals surface area contributed by atoms with Gasteiger partial charge in [0, 0.05) is 11.0 Å². The van der Waals surface area contributed by atoms with Crippen molar-refractivity contribution in [1.82, 2.24) is 4.90 Å². The largest absolute Gasteiger partial charge is 0.394 e. The third kappa shape index (κ3) is 1.79. The molecule has 1 aromatic rings. The Morgan fingerprint density at radius 1 is 1.47 bits per heavy atom. The first-order valence-electron chi connectivity index (χ1n) is 5.91. The number of benzene rings is 1. The van der Waals surface area contributed by atoms with E-state index in [1.807, 2.05) is 23.1 Å². The van der Waals surface area contributed by atoms with Crippen molar-refractivity contribution in [1.29, 1.82) is 0 Å². The van der Waals surface area contributed by atoms with E-state index >= 15 is 0 Å². The van der Waals surface area contributed by atoms with Crippen LogP contribution in [0.4, 0.5) is 0 Å². The Kier molecular flexibility index (Phi) is 2.71. The molecule has 0 saturated heterocycles. The first kappa shape index (κ1) is 11.2. The molecular formula is C13H14BrNO2. The average Bonchev–Trinajstić information content (AvgIpc) is 3.07. The molecule has 1 N–H and O–H groups in total. The number of carbonyl (C=O) groups excluding carboxylic acids is 1. The van der Waals surface area contributed by atoms with Gasteiger partial charge in [-0.3, -0.25) is 4.79 Å². The predicted molar refractivity (Wildman–Crippen MR) is 67.6 cm³/mol. The fourth-order valence-corrected chi connectivity index (χ4v) is 3.17. The van der Waals surface area contributed by atoms with Gasteiger partial charge in [-0.05, 0) is 46.3 Å². The minimum atomic E-state index is 0.00167. The Labute approximate surface area is 109 Å². The van der Waals surface area contributed by atoms with E-state index in [0.29, 0.717) is 12.5 Å². The van der Waals surface area contributed by atoms with Crippen LogP contribution in [-0.4, -0.2) is 28.6 Å². The molecule has 17 heavy (non-hydrogen) atoms. The monoisotopic (exact) mass is 295 g/mol. The van der Waals surface area contributed by atoms with Crippen LogP contribution < -0.4 is 0 Å². The lowest BCUT2D eigenvalue weighted by atomic mass is 10.1. The number of rotatable bonds is 3. The van der Waals surface area contributed by atoms with Gasteiger partial charge >= 0.3 is 0 Å². The first-order valence-corrected chi connectivity index (χ1v) is 6.71. The molecule has 1 fully saturated rings. The molecule has 3 rings (SSSR count). The van der Waals surface area contributed by atoms with Gasteiger partial charge in [0.25, 0.3) is 5.91 Å². The van der Waals surface area contributed by atoms with Crippen LogP contribution in [0.2, 0.25) is 0 Å². The summed E-state index contributed by atoms with van der Waals surface area (Å²) < 4.78 is 0.856. The SMILES string of the molecule is O=C1c2c(Br)cccc2CN1C(CO)C1CC1. The maximum absolute atomic E-state index is 12.3. The van der Waals surface area contributed by atoms with E-state index < -0.39 is 0 Å². The maximum atomic E-state index is 12.3. The summed E-state index contributed by atoms with van der Waals surface area (Å²) in [6, 6.07) is 5.83. The van der Waals surface area contributed by atoms with Crippen molar-refractivity contribution in [2.45, 2.75) is 25.4 Å². The topological polar surface area (TPSA) is 40.5 Å². The molecule has 4 heteroatoms. The second kappa shape index (κ2) is 4.10. The van der Waals surface area contributed by atoms with E-state index in [4.69, 9.17) is 0 Å². The summed E-state index contributed by atoms with van der Waals surface area (Å²) in [5.41, 5.74) is 1.83. The van der Waals surface area contributed by atoms with Crippen molar-refractivity contribution in [3.63, 3.8) is 0 Å². The van der Waals surface area contributed by atoms with Crippen LogP contribution in [0.25, 0.3) is 0 Å². The van der Waals surface area contributed by atoms with Crippen LogP contribution in [0.3, 0.4) is 0 Å². The number of hydrogen-bond acceptors (Lipinski definition) is 2. The van der Waals surface area contributed by atoms with Crippen LogP contribution in [-0.2, 0) is 6.54 Å². The van der Waals surface area contributed by atoms with Gasteiger partial charge < -0.3 is 10.0 Å². The van der Waals surface area contributed by atoms with Crippen LogP contribution in [0.5, 0.6) is 0 Å². The van der Waals surface area contributed by atoms with Gasteiger partial charge in [0.1, 0.15) is 0 Å². The highest BCUT2D eigenvalue weighted by Gasteiger charge is 2.41. The highest BCUT2D eigenvalue weighted by molar-refractivity contribution is 9.10. The predicted octanol–water partition coefficient (Wildman–Crippen LogP) is 2.18. The zero-order valence-electron chi connectivity index (χ0n) is 9.40. The molecule has 1 aromatic carbocycles. The van der Waals surface area contributed by atoms with Crippen LogP contribution >= 0.6 is 15.9 Å². The van der Waals surface area contributed by atoms with Gasteiger partial charge in [0.15, 0.2) is 0 Å². The zero-order chi connectivity index (χ0) is 12.0. The number of aliphatic hydroxyl groups is 1. The molecule has 1 aliphatic heterocycles. The Hall–Kier alpha value is -0.870. The molecule has 1 saturated carbocycles. The van der Waals surface area contributed by atoms with E-state index in [-0.39, 0.29) is 18.6 Å². The summed E-state index contributed by atoms with van der Waals surface area (Å²) in [6.45, 7) is 0.706. The van der Waals surface area contributed by atoms with Gasteiger partial charge in [-0.2, -0.15) is 0 Å². The number of amides is 1. The Balaban J connectivity index is 1.93. The minimum Gasteiger partial charge on any atom is -0.394 e. The molecule has 0 bridgehead atoms. The van der Waals surface area contributed by atoms with E-state index in [1.54, 1.807) is 0 Å². The molecule has 1 atom stereocenters. The van der Waals surface area contributed by atoms with Gasteiger partial charge in [-0.1, -0.05) is 12.1 Å². The average molecular weight is 296 g/mol. The molecule has 1 amide bonds. The summed E-state index contributed by atoms with van der Waals surface area (Å²) in [7, 11) is 0. The number of carbonyl (C=O) groups is 1. The fraction of sp³-hybridized carbons (Fsp3) is 0.462. The summed E-state index contributed by atoms with van der Waals surface area (Å²) in [6.07, 6.45) is 2.26. The molecule has 90 valence electrons. The Morgan fingerprint density at radius 2 is 2.24 bits per heavy atom. The number of aliphatic hydroxyl groups excluding tert-OH is 1. The van der Waals surface area contributed by atoms with Crippen molar-refractivity contribution in [2.75, 3.05) is 6.61 Å². The zero-order valence-corrected chi connectivity index (χ0v) is 11.0. The normalized spacial score (nSPS) is 20.6. The molecule has 0 radical (unpaired) electrons. The number of hydrogen-bond donors (Lipinski definition) is 1. The fourth-order valence-electron chi connectivity index (χ4n) is 2.59. The minimum absolute atomic E-state index is 0.00167. The third-order valence-corrected chi connectivity index (χ3v) is 4.33. The standard InChI is InChI=1S/C13H14BrNO2/c14-10-3-1-2-9-6-15(13(17)12(9)10)11(7-16)8-4-5-8/h1-3,8,11,16H,4-7H2. The molecule has 1 heterocycles. The first-order chi connectivity index (χ1) is 8.22. The molecule has 1 aliphatic carbocycles. The Bertz CT molecular complexity index is 470. The lowest BCUT2D eigenvalue weighted by Crippen LogP contribution is -2.39. The molecular weight excluding hydrogens is 282 g/mol. The van der Waals surface area contributed by atoms with Crippen molar-refractivity contribution < 1.29 is 9.90 Å². The molecule has 0 aromatic heterocycles. The number of fused-ring (bicyclic) bond motifs is 1. The lowest BCUT2D eigenvalue weighted by molar-refractivity contribution is 0.0579. The second-order valence-electron chi connectivity index (χ2n) is 4.79. The van der Waals surface area contributed by atoms with Crippen molar-refractivity contribution in [2.24, 2.45) is 5.92 Å². The van der Waals surface area contributed by atoms with Crippen LogP contribution in [0.15, 0.2) is 22.7 Å². The second-order valence-corrected chi connectivity index (χ2v) is 5.65. The van der Waals surface area contributed by atoms with Crippen LogP contribution in [0.1, 0.15) is 28.8 Å². The van der Waals surface area contributed by atoms with E-state index in [2.05, 4.69) is 15.9 Å². The van der Waals surface area contributed by atoms with Crippen molar-refractivity contribution >= 4 is 21.8 Å². The summed E-state index contributed by atoms with van der Waals surface area (Å²) in [5, 5.41) is 9.46. The van der Waals surface area contributed by atoms with Gasteiger partial charge in [0.2, 0.25) is 0 Å². The van der Waals surface area contributed by atoms with E-state index in [1.165, 1.54) is 0 Å². The highest BCUT2D eigenvalue weighted by Crippen LogP contribution is 2.39. The molecule has 3 nitrogen and oxygen atoms in total. The quantitative estimate of drug-likeness (QED) is 0.928. The lowest BCUT2D eigenvalue weighted by Gasteiger charge is -2.25. The molecule has 2 aliphatic rings. The van der Waals surface area contributed by atoms with Crippen LogP contribution in [0, 0.1) is 5.92 Å². The molecule has 1 unspecified atom stereocenters. The third-order valence-electron chi connectivity index (χ3n) is 3.67. The van der Waals surface area contributed by atoms with E-state index in [9.17, 15) is 9.90 Å². The Morgan fingerprint density at radius 3 is 2.82 bits per heavy atom. The van der Waals surface area contributed by atoms with Crippen molar-refractivity contribution in [3.05, 3.63) is 33.8 Å². The smallest absolute Gasteiger partial charge is 0.255 e. The van der Waals surface area contributed by atoms with Gasteiger partial charge in [-0.15, -0.1) is 0 Å². The molecule has 0 spiro atoms. The number of halogens is 1. The van der Waals surface area contributed by atoms with E-state index in [0.717, 1.165) is 28.4 Å². The number of nitrogens with zero attached hydrogens (tertiary/aromatic N) is 1. The van der Waals surface area contributed by atoms with Crippen molar-refractivity contribution in [3.8, 4) is 0 Å². The van der Waals surface area contributed by atoms with Gasteiger partial charge in [0.05, 0.1) is 18.2 Å². The maximum Gasteiger partial charge on any atom is 0.255 e. The highest BCUT2D eigenvalue weighted by atomic mass is 79.9. The van der Waals surface area contributed by atoms with Gasteiger partial charge in [-0.25, -0.2) is 0 Å². The summed E-state index contributed by atoms with van der Waals surface area (Å²) >= 11 is 3.43.